The van der Waals surface area contributed by atoms with Crippen LogP contribution in [0.1, 0.15) is 66.4 Å². The number of benzene rings is 1. The molecule has 0 aromatic heterocycles. The SMILES string of the molecule is CC(C)(C)OC(=O)C1C(=O)CC(C)(O)C(C(=O)OC(C)(C)C)C1c1c[c-]ccc1.[No]. The molecular weight excluding hydrogens is 631 g/mol. The van der Waals surface area contributed by atoms with E-state index in [9.17, 15) is 19.5 Å². The molecule has 1 aromatic rings. The molecule has 1 N–H and O–H groups in total. The Balaban J connectivity index is 0.00000450. The van der Waals surface area contributed by atoms with Gasteiger partial charge in [0.2, 0.25) is 0 Å². The number of aliphatic hydroxyl groups is 1. The van der Waals surface area contributed by atoms with Gasteiger partial charge in [0.25, 0.3) is 0 Å². The Morgan fingerprint density at radius 2 is 1.63 bits per heavy atom. The summed E-state index contributed by atoms with van der Waals surface area (Å²) in [6.45, 7) is 11.8. The van der Waals surface area contributed by atoms with E-state index in [0.29, 0.717) is 5.56 Å². The van der Waals surface area contributed by atoms with Gasteiger partial charge in [-0.2, -0.15) is 35.9 Å². The molecule has 0 saturated heterocycles. The molecule has 1 aliphatic carbocycles. The molecule has 4 unspecified atom stereocenters. The summed E-state index contributed by atoms with van der Waals surface area (Å²) in [6, 6.07) is 9.64. The third-order valence-corrected chi connectivity index (χ3v) is 4.70. The molecule has 0 heterocycles. The number of esters is 2. The second-order valence-corrected chi connectivity index (χ2v) is 9.89. The first-order valence-electron chi connectivity index (χ1n) is 9.79. The maximum absolute atomic E-state index is 13.1. The molecule has 174 valence electrons. The molecule has 0 spiro atoms. The van der Waals surface area contributed by atoms with E-state index in [-0.39, 0.29) is 6.42 Å². The van der Waals surface area contributed by atoms with E-state index < -0.39 is 52.3 Å². The zero-order valence-corrected chi connectivity index (χ0v) is 20.7. The molecule has 4 atom stereocenters. The third-order valence-electron chi connectivity index (χ3n) is 4.70. The van der Waals surface area contributed by atoms with Crippen LogP contribution in [-0.4, -0.2) is 39.6 Å². The van der Waals surface area contributed by atoms with Gasteiger partial charge in [-0.3, -0.25) is 14.4 Å². The predicted octanol–water partition coefficient (Wildman–Crippen LogP) is 3.21. The van der Waals surface area contributed by atoms with Crippen LogP contribution < -0.4 is 0 Å². The summed E-state index contributed by atoms with van der Waals surface area (Å²) in [5, 5.41) is 11.1. The average molecular weight is 662 g/mol. The Bertz CT molecular complexity index is 773. The molecule has 30 heavy (non-hydrogen) atoms. The second-order valence-electron chi connectivity index (χ2n) is 9.89. The van der Waals surface area contributed by atoms with E-state index in [2.05, 4.69) is 6.07 Å². The van der Waals surface area contributed by atoms with E-state index in [1.807, 2.05) is 0 Å². The normalized spacial score (nSPS) is 27.1. The van der Waals surface area contributed by atoms with Crippen LogP contribution in [0.25, 0.3) is 0 Å². The van der Waals surface area contributed by atoms with Crippen LogP contribution in [0.15, 0.2) is 24.3 Å². The molecule has 1 fully saturated rings. The van der Waals surface area contributed by atoms with Crippen LogP contribution in [0.3, 0.4) is 0 Å². The van der Waals surface area contributed by atoms with Gasteiger partial charge in [0, 0.05) is 6.42 Å². The summed E-state index contributed by atoms with van der Waals surface area (Å²) in [5.41, 5.74) is -2.71. The van der Waals surface area contributed by atoms with Crippen molar-refractivity contribution in [3.05, 3.63) is 35.9 Å². The zero-order valence-electron chi connectivity index (χ0n) is 18.5. The van der Waals surface area contributed by atoms with Crippen molar-refractivity contribution in [2.24, 2.45) is 11.8 Å². The molecular formula is C23H31NoO6-. The van der Waals surface area contributed by atoms with Crippen molar-refractivity contribution < 1.29 is 29.0 Å². The van der Waals surface area contributed by atoms with Crippen LogP contribution in [0.5, 0.6) is 0 Å². The molecule has 1 aromatic carbocycles. The first-order valence-corrected chi connectivity index (χ1v) is 9.79. The van der Waals surface area contributed by atoms with Gasteiger partial charge in [-0.15, -0.1) is 0 Å². The first kappa shape index (κ1) is 24.8. The van der Waals surface area contributed by atoms with Gasteiger partial charge in [0.1, 0.15) is 22.9 Å². The Labute approximate surface area is 172 Å². The van der Waals surface area contributed by atoms with Crippen LogP contribution in [0, 0.1) is 17.9 Å². The number of ether oxygens (including phenoxy) is 2. The molecule has 0 aliphatic heterocycles. The van der Waals surface area contributed by atoms with Gasteiger partial charge in [-0.25, -0.2) is 0 Å². The summed E-state index contributed by atoms with van der Waals surface area (Å²) in [4.78, 5) is 39.1. The van der Waals surface area contributed by atoms with Gasteiger partial charge in [-0.1, -0.05) is 0 Å². The number of ketones is 1. The van der Waals surface area contributed by atoms with Crippen LogP contribution >= 0.6 is 0 Å². The van der Waals surface area contributed by atoms with Crippen molar-refractivity contribution in [2.45, 2.75) is 77.6 Å². The molecule has 6 nitrogen and oxygen atoms in total. The largest absolute Gasteiger partial charge is 0.460 e. The molecule has 0 radical (unpaired) electrons. The number of rotatable bonds is 3. The number of carbonyl (C=O) groups excluding carboxylic acids is 3. The Morgan fingerprint density at radius 3 is 2.10 bits per heavy atom. The van der Waals surface area contributed by atoms with Crippen molar-refractivity contribution in [2.75, 3.05) is 0 Å². The molecule has 0 bridgehead atoms. The van der Waals surface area contributed by atoms with Crippen molar-refractivity contribution in [1.82, 2.24) is 0 Å². The molecule has 1 saturated carbocycles. The van der Waals surface area contributed by atoms with Crippen molar-refractivity contribution in [3.8, 4) is 0 Å². The minimum atomic E-state index is -1.67. The van der Waals surface area contributed by atoms with Crippen molar-refractivity contribution in [3.63, 3.8) is 0 Å². The van der Waals surface area contributed by atoms with E-state index in [4.69, 9.17) is 9.47 Å². The molecule has 1 aliphatic rings. The number of hydrogen-bond acceptors (Lipinski definition) is 6. The van der Waals surface area contributed by atoms with Gasteiger partial charge in [0.05, 0.1) is 11.5 Å². The number of hydrogen-bond donors (Lipinski definition) is 1. The zero-order chi connectivity index (χ0) is 22.2. The molecule has 0 amide bonds. The van der Waals surface area contributed by atoms with Gasteiger partial charge < -0.3 is 14.6 Å². The average Bonchev–Trinajstić information content (AvgIpc) is 2.50. The minimum absolute atomic E-state index is 0. The van der Waals surface area contributed by atoms with Gasteiger partial charge in [-0.05, 0) is 54.4 Å². The third kappa shape index (κ3) is 5.66. The Morgan fingerprint density at radius 1 is 1.10 bits per heavy atom. The summed E-state index contributed by atoms with van der Waals surface area (Å²) in [5.74, 6) is -5.08. The van der Waals surface area contributed by atoms with E-state index in [0.717, 1.165) is 0 Å². The van der Waals surface area contributed by atoms with Gasteiger partial charge >= 0.3 is 11.9 Å². The quantitative estimate of drug-likeness (QED) is 0.304. The monoisotopic (exact) mass is 662 g/mol. The van der Waals surface area contributed by atoms with Crippen molar-refractivity contribution >= 4 is 17.7 Å². The van der Waals surface area contributed by atoms with E-state index in [1.54, 1.807) is 65.8 Å². The number of Topliss-reactive ketones (excluding diaryl/α,β-unsaturated/α-hetero) is 1. The van der Waals surface area contributed by atoms with Gasteiger partial charge in [0.15, 0.2) is 0 Å². The maximum atomic E-state index is 13.1. The summed E-state index contributed by atoms with van der Waals surface area (Å²) in [6.07, 6.45) is -0.339. The molecule has 2 rings (SSSR count). The predicted molar refractivity (Wildman–Crippen MR) is 107 cm³/mol. The summed E-state index contributed by atoms with van der Waals surface area (Å²) < 4.78 is 11.0. The fourth-order valence-corrected chi connectivity index (χ4v) is 3.76. The maximum Gasteiger partial charge on any atom is 0.316 e. The van der Waals surface area contributed by atoms with Crippen LogP contribution in [0.4, 0.5) is 0 Å². The Hall–Kier alpha value is -3.21. The number of carbonyl (C=O) groups is 3. The summed E-state index contributed by atoms with van der Waals surface area (Å²) >= 11 is 0. The van der Waals surface area contributed by atoms with E-state index >= 15 is 0 Å². The topological polar surface area (TPSA) is 89.9 Å². The fourth-order valence-electron chi connectivity index (χ4n) is 3.76. The fraction of sp³-hybridized carbons (Fsp3) is 0.609. The van der Waals surface area contributed by atoms with Crippen LogP contribution in [-0.2, 0) is 23.9 Å². The standard InChI is InChI=1S/C23H31O6.No/c1-21(2,3)28-19(25)17-15(24)13-23(7,27)18(20(26)29-22(4,5)6)16(17)14-11-9-8-10-12-14;/h8-9,11-12,16-18,27H,13H2,1-7H3;/q-1;. The van der Waals surface area contributed by atoms with E-state index in [1.165, 1.54) is 6.92 Å². The summed E-state index contributed by atoms with van der Waals surface area (Å²) in [7, 11) is 0. The first-order chi connectivity index (χ1) is 13.1. The second kappa shape index (κ2) is 8.27. The minimum Gasteiger partial charge on any atom is -0.460 e. The Kier molecular flexibility index (Phi) is 6.84. The smallest absolute Gasteiger partial charge is 0.316 e. The van der Waals surface area contributed by atoms with Crippen molar-refractivity contribution in [1.29, 1.82) is 0 Å². The molecule has 7 heteroatoms. The van der Waals surface area contributed by atoms with Crippen LogP contribution in [0.2, 0.25) is 0 Å².